The van der Waals surface area contributed by atoms with Crippen LogP contribution in [0.1, 0.15) is 75.1 Å². The van der Waals surface area contributed by atoms with Crippen molar-refractivity contribution in [1.29, 1.82) is 0 Å². The molecule has 0 bridgehead atoms. The van der Waals surface area contributed by atoms with Crippen molar-refractivity contribution in [2.24, 2.45) is 0 Å². The lowest BCUT2D eigenvalue weighted by Gasteiger charge is -2.30. The zero-order valence-corrected chi connectivity index (χ0v) is 23.1. The van der Waals surface area contributed by atoms with Crippen LogP contribution >= 0.6 is 0 Å². The van der Waals surface area contributed by atoms with Gasteiger partial charge in [-0.3, -0.25) is 14.9 Å². The highest BCUT2D eigenvalue weighted by Crippen LogP contribution is 2.28. The highest BCUT2D eigenvalue weighted by Gasteiger charge is 2.33. The summed E-state index contributed by atoms with van der Waals surface area (Å²) in [6, 6.07) is 10.9. The molecule has 1 saturated carbocycles. The maximum absolute atomic E-state index is 14.5. The van der Waals surface area contributed by atoms with E-state index in [-0.39, 0.29) is 23.9 Å². The number of hydrogen-bond acceptors (Lipinski definition) is 4. The summed E-state index contributed by atoms with van der Waals surface area (Å²) in [4.78, 5) is 31.0. The van der Waals surface area contributed by atoms with Crippen molar-refractivity contribution in [2.45, 2.75) is 88.9 Å². The number of hydrogen-bond donors (Lipinski definition) is 3. The third-order valence-electron chi connectivity index (χ3n) is 8.24. The molecule has 2 aliphatic rings. The fraction of sp³-hybridized carbons (Fsp3) is 0.452. The van der Waals surface area contributed by atoms with E-state index in [4.69, 9.17) is 0 Å². The highest BCUT2D eigenvalue weighted by atomic mass is 19.1. The minimum Gasteiger partial charge on any atom is -0.351 e. The monoisotopic (exact) mass is 549 g/mol. The molecule has 0 radical (unpaired) electrons. The van der Waals surface area contributed by atoms with Crippen LogP contribution in [0.4, 0.5) is 14.6 Å². The van der Waals surface area contributed by atoms with Gasteiger partial charge in [-0.25, -0.2) is 13.8 Å². The van der Waals surface area contributed by atoms with Crippen LogP contribution in [0.5, 0.6) is 0 Å². The smallest absolute Gasteiger partial charge is 0.247 e. The third kappa shape index (κ3) is 6.25. The molecule has 1 fully saturated rings. The topological polar surface area (TPSA) is 88.1 Å². The van der Waals surface area contributed by atoms with Crippen LogP contribution in [-0.4, -0.2) is 33.4 Å². The number of halogens is 2. The average Bonchev–Trinajstić information content (AvgIpc) is 3.42. The Morgan fingerprint density at radius 3 is 2.52 bits per heavy atom. The van der Waals surface area contributed by atoms with Crippen LogP contribution in [0.15, 0.2) is 55.0 Å². The molecule has 2 aromatic carbocycles. The Labute approximate surface area is 233 Å². The molecule has 0 spiro atoms. The molecule has 40 heavy (non-hydrogen) atoms. The molecule has 2 amide bonds. The van der Waals surface area contributed by atoms with E-state index in [0.717, 1.165) is 37.3 Å². The predicted octanol–water partition coefficient (Wildman–Crippen LogP) is 5.17. The molecule has 7 nitrogen and oxygen atoms in total. The van der Waals surface area contributed by atoms with Gasteiger partial charge in [0.05, 0.1) is 6.33 Å². The van der Waals surface area contributed by atoms with E-state index in [1.165, 1.54) is 12.5 Å². The van der Waals surface area contributed by atoms with Crippen molar-refractivity contribution in [3.8, 4) is 0 Å². The number of carbonyl (C=O) groups is 2. The Bertz CT molecular complexity index is 1350. The van der Waals surface area contributed by atoms with Crippen LogP contribution in [0.25, 0.3) is 0 Å². The molecule has 0 aliphatic heterocycles. The molecule has 0 saturated heterocycles. The van der Waals surface area contributed by atoms with E-state index in [1.807, 2.05) is 44.2 Å². The van der Waals surface area contributed by atoms with Crippen molar-refractivity contribution in [1.82, 2.24) is 20.2 Å². The molecule has 9 heteroatoms. The molecule has 3 N–H and O–H groups in total. The quantitative estimate of drug-likeness (QED) is 0.362. The minimum absolute atomic E-state index is 0.0804. The molecule has 2 aliphatic carbocycles. The lowest BCUT2D eigenvalue weighted by atomic mass is 9.87. The number of aryl methyl sites for hydroxylation is 1. The lowest BCUT2D eigenvalue weighted by molar-refractivity contribution is -0.129. The van der Waals surface area contributed by atoms with E-state index >= 15 is 0 Å². The second-order valence-corrected chi connectivity index (χ2v) is 11.5. The second kappa shape index (κ2) is 11.9. The van der Waals surface area contributed by atoms with E-state index in [0.29, 0.717) is 36.2 Å². The zero-order valence-electron chi connectivity index (χ0n) is 23.1. The average molecular weight is 550 g/mol. The molecule has 1 aromatic heterocycles. The van der Waals surface area contributed by atoms with Crippen molar-refractivity contribution in [3.05, 3.63) is 83.3 Å². The molecular weight excluding hydrogens is 512 g/mol. The zero-order chi connectivity index (χ0) is 28.3. The summed E-state index contributed by atoms with van der Waals surface area (Å²) < 4.78 is 29.9. The van der Waals surface area contributed by atoms with Crippen molar-refractivity contribution in [3.63, 3.8) is 0 Å². The summed E-state index contributed by atoms with van der Waals surface area (Å²) in [5, 5.41) is 9.47. The number of imidazole rings is 1. The van der Waals surface area contributed by atoms with Gasteiger partial charge in [-0.1, -0.05) is 49.6 Å². The first kappa shape index (κ1) is 28.0. The molecular formula is C31H37F2N5O2. The van der Waals surface area contributed by atoms with Crippen LogP contribution in [0.2, 0.25) is 0 Å². The number of rotatable bonds is 8. The normalized spacial score (nSPS) is 18.6. The van der Waals surface area contributed by atoms with Gasteiger partial charge in [0.1, 0.15) is 23.2 Å². The van der Waals surface area contributed by atoms with Crippen LogP contribution in [0.3, 0.4) is 0 Å². The Kier molecular flexibility index (Phi) is 8.30. The third-order valence-corrected chi connectivity index (χ3v) is 8.24. The SMILES string of the molecule is CC(C)(C(=O)NC1CCCCC1)n1cnc(NC(=O)[C@@H](NC2CCc3cc(F)cc(F)c3C2)c2ccccc2)c1. The molecule has 212 valence electrons. The molecule has 2 atom stereocenters. The molecule has 1 heterocycles. The van der Waals surface area contributed by atoms with Gasteiger partial charge in [0.25, 0.3) is 0 Å². The number of carbonyl (C=O) groups excluding carboxylic acids is 2. The van der Waals surface area contributed by atoms with E-state index in [2.05, 4.69) is 20.9 Å². The fourth-order valence-electron chi connectivity index (χ4n) is 5.75. The van der Waals surface area contributed by atoms with E-state index in [1.54, 1.807) is 17.1 Å². The number of nitrogens with one attached hydrogen (secondary N) is 3. The van der Waals surface area contributed by atoms with Gasteiger partial charge >= 0.3 is 0 Å². The first-order valence-corrected chi connectivity index (χ1v) is 14.1. The number of benzene rings is 2. The van der Waals surface area contributed by atoms with E-state index in [9.17, 15) is 18.4 Å². The van der Waals surface area contributed by atoms with Gasteiger partial charge in [0.15, 0.2) is 5.82 Å². The number of anilines is 1. The lowest BCUT2D eigenvalue weighted by Crippen LogP contribution is -2.48. The van der Waals surface area contributed by atoms with Crippen molar-refractivity contribution in [2.75, 3.05) is 5.32 Å². The van der Waals surface area contributed by atoms with Gasteiger partial charge < -0.3 is 15.2 Å². The Balaban J connectivity index is 1.29. The Morgan fingerprint density at radius 2 is 1.77 bits per heavy atom. The van der Waals surface area contributed by atoms with Gasteiger partial charge in [-0.15, -0.1) is 0 Å². The Hall–Kier alpha value is -3.59. The summed E-state index contributed by atoms with van der Waals surface area (Å²) in [5.41, 5.74) is 1.04. The van der Waals surface area contributed by atoms with Crippen molar-refractivity contribution >= 4 is 17.6 Å². The predicted molar refractivity (Wildman–Crippen MR) is 150 cm³/mol. The maximum Gasteiger partial charge on any atom is 0.247 e. The van der Waals surface area contributed by atoms with Gasteiger partial charge in [-0.05, 0) is 68.7 Å². The van der Waals surface area contributed by atoms with Crippen LogP contribution in [-0.2, 0) is 28.0 Å². The summed E-state index contributed by atoms with van der Waals surface area (Å²) in [7, 11) is 0. The number of fused-ring (bicyclic) bond motifs is 1. The van der Waals surface area contributed by atoms with Crippen molar-refractivity contribution < 1.29 is 18.4 Å². The van der Waals surface area contributed by atoms with Gasteiger partial charge in [0.2, 0.25) is 11.8 Å². The summed E-state index contributed by atoms with van der Waals surface area (Å²) in [5.74, 6) is -1.18. The van der Waals surface area contributed by atoms with Crippen LogP contribution < -0.4 is 16.0 Å². The van der Waals surface area contributed by atoms with Gasteiger partial charge in [-0.2, -0.15) is 0 Å². The second-order valence-electron chi connectivity index (χ2n) is 11.5. The maximum atomic E-state index is 14.5. The van der Waals surface area contributed by atoms with Gasteiger partial charge in [0, 0.05) is 24.3 Å². The first-order chi connectivity index (χ1) is 19.2. The Morgan fingerprint density at radius 1 is 1.02 bits per heavy atom. The standard InChI is InChI=1S/C31H37F2N5O2/c1-31(2,30(40)36-23-11-7-4-8-12-23)38-18-27(34-19-38)37-29(39)28(20-9-5-3-6-10-20)35-24-14-13-21-15-22(32)16-26(33)25(21)17-24/h3,5-6,9-10,15-16,18-19,23-24,28,35H,4,7-8,11-14,17H2,1-2H3,(H,36,40)(H,37,39)/t24?,28-/m0/s1. The fourth-order valence-corrected chi connectivity index (χ4v) is 5.75. The number of nitrogens with zero attached hydrogens (tertiary/aromatic N) is 2. The first-order valence-electron chi connectivity index (χ1n) is 14.1. The summed E-state index contributed by atoms with van der Waals surface area (Å²) in [6.07, 6.45) is 10.2. The summed E-state index contributed by atoms with van der Waals surface area (Å²) >= 11 is 0. The highest BCUT2D eigenvalue weighted by molar-refractivity contribution is 5.95. The van der Waals surface area contributed by atoms with Crippen LogP contribution in [0, 0.1) is 11.6 Å². The largest absolute Gasteiger partial charge is 0.351 e. The number of aromatic nitrogens is 2. The summed E-state index contributed by atoms with van der Waals surface area (Å²) in [6.45, 7) is 3.66. The molecule has 1 unspecified atom stereocenters. The number of amides is 2. The molecule has 5 rings (SSSR count). The van der Waals surface area contributed by atoms with E-state index < -0.39 is 23.2 Å². The minimum atomic E-state index is -0.885. The molecule has 3 aromatic rings.